The third-order valence-corrected chi connectivity index (χ3v) is 3.45. The van der Waals surface area contributed by atoms with Crippen LogP contribution < -0.4 is 5.73 Å². The minimum atomic E-state index is -1.26. The molecule has 0 saturated heterocycles. The van der Waals surface area contributed by atoms with Gasteiger partial charge in [0.2, 0.25) is 0 Å². The average molecular weight is 398 g/mol. The summed E-state index contributed by atoms with van der Waals surface area (Å²) in [6.45, 7) is 4.88. The molecule has 0 aliphatic carbocycles. The number of rotatable bonds is 5. The van der Waals surface area contributed by atoms with Gasteiger partial charge in [-0.25, -0.2) is 9.59 Å². The predicted molar refractivity (Wildman–Crippen MR) is 94.9 cm³/mol. The van der Waals surface area contributed by atoms with Gasteiger partial charge in [-0.2, -0.15) is 5.10 Å². The molecule has 24 heavy (non-hydrogen) atoms. The zero-order valence-electron chi connectivity index (χ0n) is 13.4. The molecule has 1 aromatic carbocycles. The lowest BCUT2D eigenvalue weighted by molar-refractivity contribution is -0.134. The maximum atomic E-state index is 9.55. The molecule has 0 amide bonds. The lowest BCUT2D eigenvalue weighted by Gasteiger charge is -2.06. The molecule has 0 bridgehead atoms. The summed E-state index contributed by atoms with van der Waals surface area (Å²) in [4.78, 5) is 19.1. The lowest BCUT2D eigenvalue weighted by Crippen LogP contribution is -2.22. The molecule has 0 radical (unpaired) electrons. The number of hydrogen-bond acceptors (Lipinski definition) is 4. The molecule has 130 valence electrons. The molecule has 1 unspecified atom stereocenters. The monoisotopic (exact) mass is 397 g/mol. The van der Waals surface area contributed by atoms with E-state index in [4.69, 9.17) is 15.9 Å². The number of carbonyl (C=O) groups is 2. The van der Waals surface area contributed by atoms with Crippen molar-refractivity contribution in [3.05, 3.63) is 40.5 Å². The number of nitrogens with zero attached hydrogens (tertiary/aromatic N) is 2. The third-order valence-electron chi connectivity index (χ3n) is 2.95. The predicted octanol–water partition coefficient (Wildman–Crippen LogP) is 2.42. The quantitative estimate of drug-likeness (QED) is 0.666. The number of aliphatic carboxylic acids is 2. The highest BCUT2D eigenvalue weighted by atomic mass is 79.9. The van der Waals surface area contributed by atoms with Crippen molar-refractivity contribution in [1.82, 2.24) is 9.78 Å². The number of aryl methyl sites for hydroxylation is 1. The van der Waals surface area contributed by atoms with Crippen LogP contribution in [0.2, 0.25) is 0 Å². The molecule has 4 N–H and O–H groups in total. The average Bonchev–Trinajstić information content (AvgIpc) is 2.82. The van der Waals surface area contributed by atoms with E-state index < -0.39 is 11.9 Å². The fourth-order valence-electron chi connectivity index (χ4n) is 2.03. The van der Waals surface area contributed by atoms with Crippen molar-refractivity contribution in [2.75, 3.05) is 0 Å². The Hall–Kier alpha value is -2.19. The fourth-order valence-corrected chi connectivity index (χ4v) is 2.38. The van der Waals surface area contributed by atoms with Gasteiger partial charge in [0.1, 0.15) is 0 Å². The molecule has 2 aromatic rings. The molecule has 1 atom stereocenters. The van der Waals surface area contributed by atoms with Gasteiger partial charge in [0.15, 0.2) is 0 Å². The Balaban J connectivity index is 0.000000307. The van der Waals surface area contributed by atoms with E-state index in [2.05, 4.69) is 46.2 Å². The normalized spacial score (nSPS) is 12.0. The second kappa shape index (κ2) is 9.19. The number of benzene rings is 1. The van der Waals surface area contributed by atoms with Crippen molar-refractivity contribution in [3.63, 3.8) is 0 Å². The van der Waals surface area contributed by atoms with Crippen LogP contribution in [0.5, 0.6) is 0 Å². The van der Waals surface area contributed by atoms with Crippen LogP contribution in [0.1, 0.15) is 19.5 Å². The van der Waals surface area contributed by atoms with E-state index in [1.165, 1.54) is 5.39 Å². The van der Waals surface area contributed by atoms with Crippen molar-refractivity contribution < 1.29 is 19.8 Å². The summed E-state index contributed by atoms with van der Waals surface area (Å²) in [6, 6.07) is 6.39. The maximum Gasteiger partial charge on any atom is 0.328 e. The van der Waals surface area contributed by atoms with Gasteiger partial charge in [0.05, 0.1) is 17.8 Å². The zero-order valence-corrected chi connectivity index (χ0v) is 15.0. The summed E-state index contributed by atoms with van der Waals surface area (Å²) >= 11 is 3.49. The summed E-state index contributed by atoms with van der Waals surface area (Å²) < 4.78 is 3.08. The summed E-state index contributed by atoms with van der Waals surface area (Å²) in [7, 11) is 0. The van der Waals surface area contributed by atoms with E-state index in [1.54, 1.807) is 0 Å². The number of halogens is 1. The van der Waals surface area contributed by atoms with Crippen LogP contribution in [0.3, 0.4) is 0 Å². The largest absolute Gasteiger partial charge is 0.478 e. The standard InChI is InChI=1S/C12H16BrN3.C4H4O4/c1-3-11-10-5-4-9(13)6-12(10)16(15-11)7-8(2)14;5-3(6)1-2-4(7)8/h4-6,8H,3,7,14H2,1-2H3;1-2H,(H,5,6)(H,7,8). The Bertz CT molecular complexity index is 737. The van der Waals surface area contributed by atoms with Gasteiger partial charge >= 0.3 is 11.9 Å². The van der Waals surface area contributed by atoms with Crippen molar-refractivity contribution >= 4 is 38.8 Å². The van der Waals surface area contributed by atoms with Crippen molar-refractivity contribution in [2.24, 2.45) is 5.73 Å². The molecule has 8 heteroatoms. The van der Waals surface area contributed by atoms with E-state index in [0.717, 1.165) is 28.6 Å². The van der Waals surface area contributed by atoms with Gasteiger partial charge in [0.25, 0.3) is 0 Å². The second-order valence-electron chi connectivity index (χ2n) is 5.13. The number of nitrogens with two attached hydrogens (primary N) is 1. The van der Waals surface area contributed by atoms with E-state index in [1.807, 2.05) is 11.6 Å². The summed E-state index contributed by atoms with van der Waals surface area (Å²) in [5.41, 5.74) is 8.13. The number of carboxylic acid groups (broad SMARTS) is 2. The smallest absolute Gasteiger partial charge is 0.328 e. The molecular weight excluding hydrogens is 378 g/mol. The van der Waals surface area contributed by atoms with Crippen LogP contribution in [0.4, 0.5) is 0 Å². The minimum Gasteiger partial charge on any atom is -0.478 e. The van der Waals surface area contributed by atoms with Crippen LogP contribution in [-0.4, -0.2) is 38.0 Å². The highest BCUT2D eigenvalue weighted by Crippen LogP contribution is 2.23. The van der Waals surface area contributed by atoms with Crippen LogP contribution in [0.15, 0.2) is 34.8 Å². The van der Waals surface area contributed by atoms with Crippen molar-refractivity contribution in [2.45, 2.75) is 32.9 Å². The van der Waals surface area contributed by atoms with E-state index >= 15 is 0 Å². The SMILES string of the molecule is CCc1nn(CC(C)N)c2cc(Br)ccc12.O=C(O)C=CC(=O)O. The van der Waals surface area contributed by atoms with Gasteiger partial charge in [-0.1, -0.05) is 22.9 Å². The number of fused-ring (bicyclic) bond motifs is 1. The summed E-state index contributed by atoms with van der Waals surface area (Å²) in [6.07, 6.45) is 2.06. The van der Waals surface area contributed by atoms with Crippen LogP contribution >= 0.6 is 15.9 Å². The lowest BCUT2D eigenvalue weighted by atomic mass is 10.2. The minimum absolute atomic E-state index is 0.117. The first kappa shape index (κ1) is 19.9. The van der Waals surface area contributed by atoms with Crippen LogP contribution in [0.25, 0.3) is 10.9 Å². The Labute approximate surface area is 147 Å². The Morgan fingerprint density at radius 1 is 1.33 bits per heavy atom. The van der Waals surface area contributed by atoms with Crippen molar-refractivity contribution in [1.29, 1.82) is 0 Å². The fraction of sp³-hybridized carbons (Fsp3) is 0.312. The summed E-state index contributed by atoms with van der Waals surface area (Å²) in [5, 5.41) is 21.5. The first-order chi connectivity index (χ1) is 11.2. The Morgan fingerprint density at radius 2 is 1.92 bits per heavy atom. The molecule has 0 spiro atoms. The van der Waals surface area contributed by atoms with Gasteiger partial charge in [-0.15, -0.1) is 0 Å². The van der Waals surface area contributed by atoms with Crippen molar-refractivity contribution in [3.8, 4) is 0 Å². The molecule has 0 aliphatic heterocycles. The highest BCUT2D eigenvalue weighted by molar-refractivity contribution is 9.10. The van der Waals surface area contributed by atoms with E-state index in [-0.39, 0.29) is 6.04 Å². The first-order valence-electron chi connectivity index (χ1n) is 7.29. The molecular formula is C16H20BrN3O4. The zero-order chi connectivity index (χ0) is 18.3. The van der Waals surface area contributed by atoms with Crippen LogP contribution in [-0.2, 0) is 22.6 Å². The number of carboxylic acids is 2. The number of hydrogen-bond donors (Lipinski definition) is 3. The highest BCUT2D eigenvalue weighted by Gasteiger charge is 2.10. The van der Waals surface area contributed by atoms with Gasteiger partial charge < -0.3 is 15.9 Å². The topological polar surface area (TPSA) is 118 Å². The molecule has 1 heterocycles. The Kier molecular flexibility index (Phi) is 7.60. The maximum absolute atomic E-state index is 9.55. The summed E-state index contributed by atoms with van der Waals surface area (Å²) in [5.74, 6) is -2.51. The van der Waals surface area contributed by atoms with Gasteiger partial charge in [0, 0.05) is 28.1 Å². The molecule has 7 nitrogen and oxygen atoms in total. The van der Waals surface area contributed by atoms with E-state index in [9.17, 15) is 9.59 Å². The van der Waals surface area contributed by atoms with E-state index in [0.29, 0.717) is 12.2 Å². The Morgan fingerprint density at radius 3 is 2.38 bits per heavy atom. The third kappa shape index (κ3) is 6.13. The molecule has 0 fully saturated rings. The second-order valence-corrected chi connectivity index (χ2v) is 6.05. The molecule has 1 aromatic heterocycles. The molecule has 0 saturated carbocycles. The molecule has 0 aliphatic rings. The number of aromatic nitrogens is 2. The molecule has 2 rings (SSSR count). The van der Waals surface area contributed by atoms with Gasteiger partial charge in [-0.05, 0) is 31.5 Å². The van der Waals surface area contributed by atoms with Gasteiger partial charge in [-0.3, -0.25) is 4.68 Å². The first-order valence-corrected chi connectivity index (χ1v) is 8.08. The van der Waals surface area contributed by atoms with Crippen LogP contribution in [0, 0.1) is 0 Å².